The first-order valence-corrected chi connectivity index (χ1v) is 8.24. The Kier molecular flexibility index (Phi) is 5.10. The van der Waals surface area contributed by atoms with Crippen molar-refractivity contribution in [2.75, 3.05) is 7.11 Å². The average Bonchev–Trinajstić information content (AvgIpc) is 2.43. The Bertz CT molecular complexity index is 737. The third kappa shape index (κ3) is 3.97. The van der Waals surface area contributed by atoms with Crippen molar-refractivity contribution in [3.05, 3.63) is 39.1 Å². The third-order valence-corrected chi connectivity index (χ3v) is 4.53. The largest absolute Gasteiger partial charge is 0.495 e. The van der Waals surface area contributed by atoms with Crippen LogP contribution in [0.25, 0.3) is 10.9 Å². The molecule has 0 radical (unpaired) electrons. The summed E-state index contributed by atoms with van der Waals surface area (Å²) in [6.07, 6.45) is 0. The van der Waals surface area contributed by atoms with Crippen molar-refractivity contribution in [1.82, 2.24) is 9.71 Å². The minimum absolute atomic E-state index is 0.0711. The highest BCUT2D eigenvalue weighted by atomic mass is 35.5. The summed E-state index contributed by atoms with van der Waals surface area (Å²) < 4.78 is 8.58. The van der Waals surface area contributed by atoms with Gasteiger partial charge in [-0.15, -0.1) is 0 Å². The standard InChI is InChI=1S/C16H21ClN2O2S/c1-9(19-22-16(2,3)4)11-6-10-7-12(17)14(21-5)8-13(10)18-15(11)20/h6-9,19H,1-5H3,(H,18,20). The van der Waals surface area contributed by atoms with Crippen LogP contribution in [0.4, 0.5) is 0 Å². The Hall–Kier alpha value is -1.17. The van der Waals surface area contributed by atoms with Crippen LogP contribution in [0.1, 0.15) is 39.3 Å². The van der Waals surface area contributed by atoms with Gasteiger partial charge in [-0.2, -0.15) is 0 Å². The zero-order valence-electron chi connectivity index (χ0n) is 13.4. The summed E-state index contributed by atoms with van der Waals surface area (Å²) in [5.41, 5.74) is 1.29. The first kappa shape index (κ1) is 17.2. The Morgan fingerprint density at radius 1 is 1.32 bits per heavy atom. The van der Waals surface area contributed by atoms with Crippen LogP contribution in [0.5, 0.6) is 5.75 Å². The third-order valence-electron chi connectivity index (χ3n) is 3.15. The summed E-state index contributed by atoms with van der Waals surface area (Å²) in [6, 6.07) is 5.35. The van der Waals surface area contributed by atoms with Crippen LogP contribution in [-0.2, 0) is 0 Å². The normalized spacial score (nSPS) is 13.4. The van der Waals surface area contributed by atoms with Crippen LogP contribution in [0.15, 0.2) is 23.0 Å². The molecule has 1 aromatic heterocycles. The van der Waals surface area contributed by atoms with Crippen LogP contribution >= 0.6 is 23.5 Å². The summed E-state index contributed by atoms with van der Waals surface area (Å²) in [4.78, 5) is 15.2. The number of rotatable bonds is 4. The number of ether oxygens (including phenoxy) is 1. The van der Waals surface area contributed by atoms with Crippen LogP contribution in [0.3, 0.4) is 0 Å². The van der Waals surface area contributed by atoms with Gasteiger partial charge in [0.15, 0.2) is 0 Å². The number of nitrogens with one attached hydrogen (secondary N) is 2. The Morgan fingerprint density at radius 2 is 2.00 bits per heavy atom. The molecule has 0 saturated heterocycles. The van der Waals surface area contributed by atoms with Crippen LogP contribution < -0.4 is 15.0 Å². The average molecular weight is 341 g/mol. The molecule has 1 aromatic carbocycles. The smallest absolute Gasteiger partial charge is 0.253 e. The van der Waals surface area contributed by atoms with E-state index in [9.17, 15) is 4.79 Å². The van der Waals surface area contributed by atoms with Gasteiger partial charge >= 0.3 is 0 Å². The Morgan fingerprint density at radius 3 is 2.59 bits per heavy atom. The number of hydrogen-bond donors (Lipinski definition) is 2. The fourth-order valence-electron chi connectivity index (χ4n) is 2.03. The number of halogens is 1. The fraction of sp³-hybridized carbons (Fsp3) is 0.438. The summed E-state index contributed by atoms with van der Waals surface area (Å²) in [6.45, 7) is 8.33. The predicted octanol–water partition coefficient (Wildman–Crippen LogP) is 4.29. The van der Waals surface area contributed by atoms with E-state index < -0.39 is 0 Å². The van der Waals surface area contributed by atoms with E-state index in [2.05, 4.69) is 30.5 Å². The summed E-state index contributed by atoms with van der Waals surface area (Å²) in [5, 5.41) is 1.41. The molecule has 1 unspecified atom stereocenters. The molecule has 0 aliphatic heterocycles. The molecule has 2 rings (SSSR count). The van der Waals surface area contributed by atoms with E-state index in [1.807, 2.05) is 13.0 Å². The molecule has 0 aliphatic carbocycles. The highest BCUT2D eigenvalue weighted by Gasteiger charge is 2.16. The van der Waals surface area contributed by atoms with Crippen LogP contribution in [0, 0.1) is 0 Å². The molecule has 0 spiro atoms. The molecule has 0 saturated carbocycles. The number of benzene rings is 1. The maximum Gasteiger partial charge on any atom is 0.253 e. The molecule has 0 aliphatic rings. The minimum Gasteiger partial charge on any atom is -0.495 e. The molecule has 1 heterocycles. The Balaban J connectivity index is 2.39. The van der Waals surface area contributed by atoms with Crippen molar-refractivity contribution >= 4 is 34.5 Å². The van der Waals surface area contributed by atoms with Gasteiger partial charge in [0.25, 0.3) is 5.56 Å². The second-order valence-electron chi connectivity index (χ2n) is 6.18. The zero-order chi connectivity index (χ0) is 16.5. The highest BCUT2D eigenvalue weighted by Crippen LogP contribution is 2.30. The lowest BCUT2D eigenvalue weighted by molar-refractivity contribution is 0.415. The number of aromatic amines is 1. The molecule has 0 bridgehead atoms. The van der Waals surface area contributed by atoms with Crippen molar-refractivity contribution in [1.29, 1.82) is 0 Å². The van der Waals surface area contributed by atoms with Crippen molar-refractivity contribution in [2.24, 2.45) is 0 Å². The number of H-pyrrole nitrogens is 1. The molecule has 2 aromatic rings. The maximum atomic E-state index is 12.3. The minimum atomic E-state index is -0.105. The quantitative estimate of drug-likeness (QED) is 0.815. The second-order valence-corrected chi connectivity index (χ2v) is 8.25. The maximum absolute atomic E-state index is 12.3. The number of hydrogen-bond acceptors (Lipinski definition) is 4. The van der Waals surface area contributed by atoms with Gasteiger partial charge in [0.05, 0.1) is 17.6 Å². The van der Waals surface area contributed by atoms with E-state index in [0.29, 0.717) is 21.9 Å². The van der Waals surface area contributed by atoms with Crippen LogP contribution in [-0.4, -0.2) is 16.8 Å². The van der Waals surface area contributed by atoms with Crippen molar-refractivity contribution in [3.8, 4) is 5.75 Å². The lowest BCUT2D eigenvalue weighted by Gasteiger charge is -2.21. The molecule has 22 heavy (non-hydrogen) atoms. The predicted molar refractivity (Wildman–Crippen MR) is 95.0 cm³/mol. The lowest BCUT2D eigenvalue weighted by atomic mass is 10.1. The van der Waals surface area contributed by atoms with Crippen LogP contribution in [0.2, 0.25) is 5.02 Å². The molecule has 2 N–H and O–H groups in total. The number of pyridine rings is 1. The molecule has 1 atom stereocenters. The van der Waals surface area contributed by atoms with Crippen molar-refractivity contribution in [3.63, 3.8) is 0 Å². The molecular weight excluding hydrogens is 320 g/mol. The summed E-state index contributed by atoms with van der Waals surface area (Å²) in [7, 11) is 1.55. The highest BCUT2D eigenvalue weighted by molar-refractivity contribution is 7.98. The second kappa shape index (κ2) is 6.52. The van der Waals surface area contributed by atoms with E-state index in [0.717, 1.165) is 5.39 Å². The van der Waals surface area contributed by atoms with Gasteiger partial charge in [-0.25, -0.2) is 0 Å². The van der Waals surface area contributed by atoms with Gasteiger partial charge in [-0.3, -0.25) is 9.52 Å². The van der Waals surface area contributed by atoms with Gasteiger partial charge in [0, 0.05) is 27.8 Å². The number of methoxy groups -OCH3 is 1. The van der Waals surface area contributed by atoms with Crippen molar-refractivity contribution in [2.45, 2.75) is 38.5 Å². The van der Waals surface area contributed by atoms with E-state index in [4.69, 9.17) is 16.3 Å². The first-order valence-electron chi connectivity index (χ1n) is 7.05. The lowest BCUT2D eigenvalue weighted by Crippen LogP contribution is -2.25. The monoisotopic (exact) mass is 340 g/mol. The number of fused-ring (bicyclic) bond motifs is 1. The van der Waals surface area contributed by atoms with E-state index in [1.54, 1.807) is 31.2 Å². The molecular formula is C16H21ClN2O2S. The SMILES string of the molecule is COc1cc2[nH]c(=O)c(C(C)NSC(C)(C)C)cc2cc1Cl. The first-order chi connectivity index (χ1) is 10.2. The van der Waals surface area contributed by atoms with Gasteiger partial charge in [-0.1, -0.05) is 23.5 Å². The fourth-order valence-corrected chi connectivity index (χ4v) is 2.94. The molecule has 0 amide bonds. The van der Waals surface area contributed by atoms with E-state index >= 15 is 0 Å². The van der Waals surface area contributed by atoms with E-state index in [-0.39, 0.29) is 16.3 Å². The van der Waals surface area contributed by atoms with Gasteiger partial charge < -0.3 is 9.72 Å². The Labute approximate surface area is 139 Å². The molecule has 6 heteroatoms. The number of aromatic nitrogens is 1. The van der Waals surface area contributed by atoms with Gasteiger partial charge in [0.1, 0.15) is 5.75 Å². The van der Waals surface area contributed by atoms with Gasteiger partial charge in [-0.05, 0) is 39.8 Å². The summed E-state index contributed by atoms with van der Waals surface area (Å²) in [5.74, 6) is 0.548. The molecule has 0 fully saturated rings. The van der Waals surface area contributed by atoms with Crippen molar-refractivity contribution < 1.29 is 4.74 Å². The molecule has 120 valence electrons. The van der Waals surface area contributed by atoms with Gasteiger partial charge in [0.2, 0.25) is 0 Å². The zero-order valence-corrected chi connectivity index (χ0v) is 15.0. The topological polar surface area (TPSA) is 54.1 Å². The van der Waals surface area contributed by atoms with E-state index in [1.165, 1.54) is 0 Å². The summed E-state index contributed by atoms with van der Waals surface area (Å²) >= 11 is 7.77. The molecule has 4 nitrogen and oxygen atoms in total.